The van der Waals surface area contributed by atoms with E-state index in [1.807, 2.05) is 6.92 Å². The van der Waals surface area contributed by atoms with Crippen LogP contribution in [0, 0.1) is 51.8 Å². The summed E-state index contributed by atoms with van der Waals surface area (Å²) in [7, 11) is 0. The van der Waals surface area contributed by atoms with Gasteiger partial charge in [-0.2, -0.15) is 0 Å². The number of aliphatic carboxylic acids is 1. The molecule has 2 aliphatic heterocycles. The Bertz CT molecular complexity index is 988. The fourth-order valence-corrected chi connectivity index (χ4v) is 9.79. The third-order valence-electron chi connectivity index (χ3n) is 11.2. The van der Waals surface area contributed by atoms with E-state index in [4.69, 9.17) is 18.9 Å². The summed E-state index contributed by atoms with van der Waals surface area (Å²) < 4.78 is 25.0. The highest BCUT2D eigenvalue weighted by Crippen LogP contribution is 2.82. The van der Waals surface area contributed by atoms with Crippen LogP contribution in [-0.2, 0) is 28.5 Å². The topological polar surface area (TPSA) is 94.6 Å². The van der Waals surface area contributed by atoms with E-state index in [1.54, 1.807) is 0 Å². The van der Waals surface area contributed by atoms with E-state index in [1.165, 1.54) is 0 Å². The molecular weight excluding hydrogens is 472 g/mol. The molecule has 37 heavy (non-hydrogen) atoms. The maximum absolute atomic E-state index is 13.6. The van der Waals surface area contributed by atoms with Gasteiger partial charge in [0.2, 0.25) is 0 Å². The van der Waals surface area contributed by atoms with Gasteiger partial charge in [0.25, 0.3) is 0 Å². The van der Waals surface area contributed by atoms with Crippen molar-refractivity contribution in [1.82, 2.24) is 0 Å². The first kappa shape index (κ1) is 26.0. The van der Waals surface area contributed by atoms with Crippen LogP contribution in [0.5, 0.6) is 0 Å². The summed E-state index contributed by atoms with van der Waals surface area (Å²) in [5, 5.41) is 11.1. The highest BCUT2D eigenvalue weighted by atomic mass is 16.7. The van der Waals surface area contributed by atoms with Gasteiger partial charge in [-0.3, -0.25) is 4.79 Å². The number of hydrogen-bond acceptors (Lipinski definition) is 6. The van der Waals surface area contributed by atoms with E-state index in [0.717, 1.165) is 31.1 Å². The van der Waals surface area contributed by atoms with Crippen molar-refractivity contribution in [3.8, 4) is 0 Å². The number of ether oxygens (including phenoxy) is 4. The number of epoxide rings is 1. The van der Waals surface area contributed by atoms with Crippen molar-refractivity contribution >= 4 is 12.3 Å². The van der Waals surface area contributed by atoms with Gasteiger partial charge in [0.15, 0.2) is 6.29 Å². The average molecular weight is 517 g/mol. The Balaban J connectivity index is 1.32. The Morgan fingerprint density at radius 3 is 2.54 bits per heavy atom. The number of aldehydes is 1. The van der Waals surface area contributed by atoms with Crippen LogP contribution in [0.1, 0.15) is 67.2 Å². The number of carbonyl (C=O) groups excluding carboxylic acids is 1. The van der Waals surface area contributed by atoms with E-state index in [2.05, 4.69) is 40.7 Å². The summed E-state index contributed by atoms with van der Waals surface area (Å²) in [6.45, 7) is 13.6. The predicted molar refractivity (Wildman–Crippen MR) is 136 cm³/mol. The Morgan fingerprint density at radius 2 is 1.89 bits per heavy atom. The van der Waals surface area contributed by atoms with Gasteiger partial charge >= 0.3 is 5.97 Å². The molecule has 0 aromatic rings. The van der Waals surface area contributed by atoms with Crippen molar-refractivity contribution < 1.29 is 33.6 Å². The minimum Gasteiger partial charge on any atom is -0.481 e. The second kappa shape index (κ2) is 8.61. The van der Waals surface area contributed by atoms with Gasteiger partial charge in [0.05, 0.1) is 18.1 Å². The Labute approximate surface area is 220 Å². The average Bonchev–Trinajstić information content (AvgIpc) is 3.43. The van der Waals surface area contributed by atoms with Crippen LogP contribution in [0.2, 0.25) is 0 Å². The highest BCUT2D eigenvalue weighted by molar-refractivity contribution is 5.90. The van der Waals surface area contributed by atoms with Gasteiger partial charge in [-0.1, -0.05) is 52.7 Å². The lowest BCUT2D eigenvalue weighted by molar-refractivity contribution is -0.239. The molecule has 0 radical (unpaired) electrons. The lowest BCUT2D eigenvalue weighted by Gasteiger charge is -2.58. The van der Waals surface area contributed by atoms with Gasteiger partial charge in [-0.25, -0.2) is 0 Å². The lowest BCUT2D eigenvalue weighted by atomic mass is 9.43. The molecule has 3 saturated carbocycles. The molecule has 7 unspecified atom stereocenters. The second-order valence-electron chi connectivity index (χ2n) is 13.8. The maximum atomic E-state index is 13.6. The standard InChI is InChI=1S/C30H44O7/c1-15(2)12-34-23-18(6)36-26(25-24(23)37-25)35-14-29-11-20-17(5)7-8-21(20)28(13-31)10-19(29)9-22(16(3)4)30(28,29)27(32)33/h9,13,15-21,23-26H,7-8,10-12,14H2,1-6H3,(H,32,33)/t17?,18-,19?,20?,21?,23-,24+,25+,26-,28?,29?,30?/m1/s1. The van der Waals surface area contributed by atoms with Crippen LogP contribution in [0.3, 0.4) is 0 Å². The molecule has 4 aliphatic carbocycles. The smallest absolute Gasteiger partial charge is 0.315 e. The minimum atomic E-state index is -1.22. The lowest BCUT2D eigenvalue weighted by Crippen LogP contribution is -2.64. The SMILES string of the molecule is CC(C)CO[C@H]1[C@@H]2O[C@@H]2[C@H](OCC23CC4C(C)CCC4C4(C=O)CC2C=C(C(C)C)C43C(=O)O)O[C@@H]1C. The molecule has 0 aromatic carbocycles. The summed E-state index contributed by atoms with van der Waals surface area (Å²) in [6, 6.07) is 0. The Kier molecular flexibility index (Phi) is 6.04. The minimum absolute atomic E-state index is 0.0167. The van der Waals surface area contributed by atoms with Gasteiger partial charge in [0.1, 0.15) is 30.0 Å². The van der Waals surface area contributed by atoms with E-state index in [0.29, 0.717) is 30.8 Å². The zero-order valence-corrected chi connectivity index (χ0v) is 23.1. The molecule has 1 N–H and O–H groups in total. The van der Waals surface area contributed by atoms with Crippen molar-refractivity contribution in [3.05, 3.63) is 11.6 Å². The highest BCUT2D eigenvalue weighted by Gasteiger charge is 2.84. The van der Waals surface area contributed by atoms with Crippen LogP contribution in [0.4, 0.5) is 0 Å². The first-order valence-electron chi connectivity index (χ1n) is 14.5. The van der Waals surface area contributed by atoms with Crippen molar-refractivity contribution in [3.63, 3.8) is 0 Å². The van der Waals surface area contributed by atoms with E-state index < -0.39 is 28.5 Å². The van der Waals surface area contributed by atoms with Crippen LogP contribution in [-0.4, -0.2) is 61.3 Å². The zero-order valence-electron chi connectivity index (χ0n) is 23.1. The molecule has 6 aliphatic rings. The van der Waals surface area contributed by atoms with Gasteiger partial charge in [0, 0.05) is 12.0 Å². The second-order valence-corrected chi connectivity index (χ2v) is 13.8. The van der Waals surface area contributed by atoms with Gasteiger partial charge < -0.3 is 28.8 Å². The zero-order chi connectivity index (χ0) is 26.5. The van der Waals surface area contributed by atoms with E-state index in [9.17, 15) is 14.7 Å². The molecule has 7 nitrogen and oxygen atoms in total. The van der Waals surface area contributed by atoms with Crippen LogP contribution in [0.15, 0.2) is 11.6 Å². The Hall–Kier alpha value is -1.28. The summed E-state index contributed by atoms with van der Waals surface area (Å²) in [6.07, 6.45) is 5.58. The number of allylic oxidation sites excluding steroid dienone is 1. The molecular formula is C30H44O7. The molecule has 4 bridgehead atoms. The molecule has 2 saturated heterocycles. The number of carbonyl (C=O) groups is 2. The van der Waals surface area contributed by atoms with Crippen molar-refractivity contribution in [2.45, 2.75) is 97.9 Å². The normalized spacial score (nSPS) is 51.2. The van der Waals surface area contributed by atoms with Crippen molar-refractivity contribution in [2.24, 2.45) is 51.8 Å². The molecule has 2 heterocycles. The molecule has 7 heteroatoms. The molecule has 206 valence electrons. The summed E-state index contributed by atoms with van der Waals surface area (Å²) >= 11 is 0. The quantitative estimate of drug-likeness (QED) is 0.274. The monoisotopic (exact) mass is 516 g/mol. The number of hydrogen-bond donors (Lipinski definition) is 1. The van der Waals surface area contributed by atoms with Crippen LogP contribution >= 0.6 is 0 Å². The van der Waals surface area contributed by atoms with E-state index in [-0.39, 0.29) is 48.8 Å². The molecule has 6 rings (SSSR count). The van der Waals surface area contributed by atoms with E-state index >= 15 is 0 Å². The first-order valence-corrected chi connectivity index (χ1v) is 14.5. The number of rotatable bonds is 9. The molecule has 0 aromatic heterocycles. The fraction of sp³-hybridized carbons (Fsp3) is 0.867. The predicted octanol–water partition coefficient (Wildman–Crippen LogP) is 4.48. The summed E-state index contributed by atoms with van der Waals surface area (Å²) in [5.41, 5.74) is -1.81. The molecule has 0 spiro atoms. The van der Waals surface area contributed by atoms with Crippen molar-refractivity contribution in [1.29, 1.82) is 0 Å². The number of carboxylic acids is 1. The summed E-state index contributed by atoms with van der Waals surface area (Å²) in [4.78, 5) is 26.7. The van der Waals surface area contributed by atoms with Gasteiger partial charge in [-0.15, -0.1) is 0 Å². The first-order chi connectivity index (χ1) is 17.5. The van der Waals surface area contributed by atoms with Crippen LogP contribution < -0.4 is 0 Å². The number of carboxylic acid groups (broad SMARTS) is 1. The molecule has 12 atom stereocenters. The fourth-order valence-electron chi connectivity index (χ4n) is 9.79. The Morgan fingerprint density at radius 1 is 1.14 bits per heavy atom. The summed E-state index contributed by atoms with van der Waals surface area (Å²) in [5.74, 6) is 0.599. The third-order valence-corrected chi connectivity index (χ3v) is 11.2. The molecule has 5 fully saturated rings. The number of fused-ring (bicyclic) bond motifs is 3. The van der Waals surface area contributed by atoms with Crippen LogP contribution in [0.25, 0.3) is 0 Å². The largest absolute Gasteiger partial charge is 0.481 e. The maximum Gasteiger partial charge on any atom is 0.315 e. The van der Waals surface area contributed by atoms with Crippen molar-refractivity contribution in [2.75, 3.05) is 13.2 Å². The van der Waals surface area contributed by atoms with Gasteiger partial charge in [-0.05, 0) is 61.7 Å². The molecule has 0 amide bonds. The third kappa shape index (κ3) is 3.20.